The molecule has 0 spiro atoms. The highest BCUT2D eigenvalue weighted by Gasteiger charge is 2.40. The van der Waals surface area contributed by atoms with E-state index in [0.717, 1.165) is 27.7 Å². The van der Waals surface area contributed by atoms with Gasteiger partial charge in [0, 0.05) is 22.3 Å². The van der Waals surface area contributed by atoms with E-state index in [9.17, 15) is 5.11 Å². The Hall–Kier alpha value is -5.06. The third-order valence-electron chi connectivity index (χ3n) is 9.42. The number of hydrogen-bond acceptors (Lipinski definition) is 3. The molecule has 44 heavy (non-hydrogen) atoms. The topological polar surface area (TPSA) is 49.2 Å². The Morgan fingerprint density at radius 1 is 0.682 bits per heavy atom. The molecule has 2 unspecified atom stereocenters. The standard InChI is InChI=1S/C40H35N3O/c1-40(2)22-11-10-20-33(40)36-37(30-18-12-17-27(23-30)26-13-4-3-5-14-26)41-39(42-38(36)44)43-34-21-9-8-19-31(34)32-24-28-15-6-7-16-29(28)25-35(32)43/h3-25,33,37,39,41-42,44H,1-2H3/t33?,37?,39-/m1/s1. The van der Waals surface area contributed by atoms with Crippen LogP contribution in [0.25, 0.3) is 43.7 Å². The van der Waals surface area contributed by atoms with Gasteiger partial charge < -0.3 is 15.0 Å². The number of nitrogens with zero attached hydrogens (tertiary/aromatic N) is 1. The van der Waals surface area contributed by atoms with Crippen LogP contribution in [0.15, 0.2) is 151 Å². The lowest BCUT2D eigenvalue weighted by Gasteiger charge is -2.42. The number of aliphatic hydroxyl groups is 1. The van der Waals surface area contributed by atoms with Gasteiger partial charge in [-0.05, 0) is 57.1 Å². The molecule has 6 aromatic rings. The molecule has 216 valence electrons. The third kappa shape index (κ3) is 4.33. The number of allylic oxidation sites excluding steroid dienone is 4. The SMILES string of the molecule is CC1(C)C=CC=CC1C1=C(O)N[C@H](n2c3ccccc3c3cc4ccccc4cc32)NC1c1cccc(-c2ccccc2)c1. The highest BCUT2D eigenvalue weighted by Crippen LogP contribution is 2.46. The molecule has 8 rings (SSSR count). The van der Waals surface area contributed by atoms with Crippen molar-refractivity contribution in [2.24, 2.45) is 11.3 Å². The van der Waals surface area contributed by atoms with Crippen LogP contribution >= 0.6 is 0 Å². The Morgan fingerprint density at radius 2 is 1.41 bits per heavy atom. The van der Waals surface area contributed by atoms with Crippen LogP contribution in [0, 0.1) is 11.3 Å². The van der Waals surface area contributed by atoms with Gasteiger partial charge in [0.25, 0.3) is 0 Å². The number of nitrogens with one attached hydrogen (secondary N) is 2. The van der Waals surface area contributed by atoms with Gasteiger partial charge in [-0.3, -0.25) is 5.32 Å². The van der Waals surface area contributed by atoms with Gasteiger partial charge in [-0.25, -0.2) is 0 Å². The zero-order chi connectivity index (χ0) is 29.8. The molecule has 0 fully saturated rings. The average molecular weight is 574 g/mol. The molecule has 0 amide bonds. The molecular formula is C40H35N3O. The van der Waals surface area contributed by atoms with Gasteiger partial charge in [-0.15, -0.1) is 0 Å². The number of benzene rings is 5. The smallest absolute Gasteiger partial charge is 0.188 e. The second-order valence-corrected chi connectivity index (χ2v) is 12.6. The lowest BCUT2D eigenvalue weighted by Crippen LogP contribution is -2.48. The summed E-state index contributed by atoms with van der Waals surface area (Å²) in [6.45, 7) is 4.47. The van der Waals surface area contributed by atoms with E-state index in [1.165, 1.54) is 27.1 Å². The minimum Gasteiger partial charge on any atom is -0.495 e. The molecule has 1 aliphatic heterocycles. The minimum absolute atomic E-state index is 0.000857. The van der Waals surface area contributed by atoms with Crippen molar-refractivity contribution in [2.45, 2.75) is 26.2 Å². The minimum atomic E-state index is -0.390. The number of rotatable bonds is 4. The first-order valence-corrected chi connectivity index (χ1v) is 15.4. The largest absolute Gasteiger partial charge is 0.495 e. The molecular weight excluding hydrogens is 538 g/mol. The second-order valence-electron chi connectivity index (χ2n) is 12.6. The van der Waals surface area contributed by atoms with Gasteiger partial charge in [0.05, 0.1) is 17.1 Å². The number of aromatic nitrogens is 1. The van der Waals surface area contributed by atoms with Crippen LogP contribution in [-0.4, -0.2) is 9.67 Å². The summed E-state index contributed by atoms with van der Waals surface area (Å²) in [4.78, 5) is 0. The summed E-state index contributed by atoms with van der Waals surface area (Å²) in [7, 11) is 0. The van der Waals surface area contributed by atoms with E-state index in [4.69, 9.17) is 0 Å². The lowest BCUT2D eigenvalue weighted by molar-refractivity contribution is 0.208. The van der Waals surface area contributed by atoms with Crippen molar-refractivity contribution < 1.29 is 5.11 Å². The van der Waals surface area contributed by atoms with Gasteiger partial charge in [-0.1, -0.05) is 129 Å². The predicted molar refractivity (Wildman–Crippen MR) is 182 cm³/mol. The molecule has 3 atom stereocenters. The highest BCUT2D eigenvalue weighted by molar-refractivity contribution is 6.12. The number of fused-ring (bicyclic) bond motifs is 4. The molecule has 0 saturated carbocycles. The van der Waals surface area contributed by atoms with E-state index in [2.05, 4.69) is 163 Å². The first-order valence-electron chi connectivity index (χ1n) is 15.4. The van der Waals surface area contributed by atoms with Gasteiger partial charge in [0.2, 0.25) is 0 Å². The van der Waals surface area contributed by atoms with Crippen LogP contribution in [0.5, 0.6) is 0 Å². The normalized spacial score (nSPS) is 21.3. The number of aliphatic hydroxyl groups excluding tert-OH is 1. The zero-order valence-electron chi connectivity index (χ0n) is 24.9. The van der Waals surface area contributed by atoms with Gasteiger partial charge in [0.1, 0.15) is 0 Å². The van der Waals surface area contributed by atoms with Crippen molar-refractivity contribution in [3.8, 4) is 11.1 Å². The lowest BCUT2D eigenvalue weighted by atomic mass is 9.69. The fourth-order valence-corrected chi connectivity index (χ4v) is 7.21. The molecule has 0 saturated heterocycles. The molecule has 1 aliphatic carbocycles. The summed E-state index contributed by atoms with van der Waals surface area (Å²) < 4.78 is 2.31. The molecule has 4 heteroatoms. The summed E-state index contributed by atoms with van der Waals surface area (Å²) in [5.74, 6) is 0.231. The molecule has 0 bridgehead atoms. The third-order valence-corrected chi connectivity index (χ3v) is 9.42. The van der Waals surface area contributed by atoms with E-state index in [1.807, 2.05) is 6.07 Å². The van der Waals surface area contributed by atoms with Crippen molar-refractivity contribution >= 4 is 32.6 Å². The summed E-state index contributed by atoms with van der Waals surface area (Å²) in [6, 6.07) is 40.6. The predicted octanol–water partition coefficient (Wildman–Crippen LogP) is 9.54. The molecule has 2 aliphatic rings. The van der Waals surface area contributed by atoms with E-state index in [0.29, 0.717) is 0 Å². The molecule has 4 nitrogen and oxygen atoms in total. The summed E-state index contributed by atoms with van der Waals surface area (Å²) >= 11 is 0. The van der Waals surface area contributed by atoms with Crippen LogP contribution in [0.2, 0.25) is 0 Å². The van der Waals surface area contributed by atoms with Gasteiger partial charge >= 0.3 is 0 Å². The van der Waals surface area contributed by atoms with Crippen LogP contribution in [0.4, 0.5) is 0 Å². The van der Waals surface area contributed by atoms with Crippen molar-refractivity contribution in [3.05, 3.63) is 157 Å². The number of para-hydroxylation sites is 1. The maximum absolute atomic E-state index is 12.0. The maximum Gasteiger partial charge on any atom is 0.188 e. The highest BCUT2D eigenvalue weighted by atomic mass is 16.3. The Bertz CT molecular complexity index is 2130. The van der Waals surface area contributed by atoms with Crippen molar-refractivity contribution in [2.75, 3.05) is 0 Å². The fourth-order valence-electron chi connectivity index (χ4n) is 7.21. The second kappa shape index (κ2) is 10.3. The summed E-state index contributed by atoms with van der Waals surface area (Å²) in [5, 5.41) is 24.3. The molecule has 3 N–H and O–H groups in total. The Morgan fingerprint density at radius 3 is 2.23 bits per heavy atom. The quantitative estimate of drug-likeness (QED) is 0.197. The zero-order valence-corrected chi connectivity index (χ0v) is 24.9. The van der Waals surface area contributed by atoms with Crippen molar-refractivity contribution in [1.29, 1.82) is 0 Å². The molecule has 2 heterocycles. The van der Waals surface area contributed by atoms with E-state index in [-0.39, 0.29) is 29.5 Å². The van der Waals surface area contributed by atoms with E-state index >= 15 is 0 Å². The van der Waals surface area contributed by atoms with Crippen LogP contribution in [-0.2, 0) is 0 Å². The van der Waals surface area contributed by atoms with Crippen molar-refractivity contribution in [1.82, 2.24) is 15.2 Å². The Labute approximate surface area is 257 Å². The maximum atomic E-state index is 12.0. The monoisotopic (exact) mass is 573 g/mol. The fraction of sp³-hybridized carbons (Fsp3) is 0.150. The van der Waals surface area contributed by atoms with Crippen LogP contribution < -0.4 is 10.6 Å². The Balaban J connectivity index is 1.33. The van der Waals surface area contributed by atoms with Crippen LogP contribution in [0.3, 0.4) is 0 Å². The first kappa shape index (κ1) is 26.6. The van der Waals surface area contributed by atoms with Crippen LogP contribution in [0.1, 0.15) is 31.7 Å². The molecule has 0 radical (unpaired) electrons. The molecule has 5 aromatic carbocycles. The summed E-state index contributed by atoms with van der Waals surface area (Å²) in [6.07, 6.45) is 8.26. The molecule has 1 aromatic heterocycles. The van der Waals surface area contributed by atoms with Gasteiger partial charge in [-0.2, -0.15) is 0 Å². The van der Waals surface area contributed by atoms with Gasteiger partial charge in [0.15, 0.2) is 12.2 Å². The Kier molecular flexibility index (Phi) is 6.21. The van der Waals surface area contributed by atoms with E-state index < -0.39 is 0 Å². The first-order chi connectivity index (χ1) is 21.5. The summed E-state index contributed by atoms with van der Waals surface area (Å²) in [5.41, 5.74) is 6.44. The number of hydrogen-bond donors (Lipinski definition) is 3. The van der Waals surface area contributed by atoms with Crippen molar-refractivity contribution in [3.63, 3.8) is 0 Å². The van der Waals surface area contributed by atoms with E-state index in [1.54, 1.807) is 0 Å². The average Bonchev–Trinajstić information content (AvgIpc) is 3.37.